The zero-order valence-corrected chi connectivity index (χ0v) is 31.6. The summed E-state index contributed by atoms with van der Waals surface area (Å²) >= 11 is 3.72. The van der Waals surface area contributed by atoms with E-state index in [1.807, 2.05) is 46.9 Å². The molecule has 0 fully saturated rings. The molecule has 0 spiro atoms. The van der Waals surface area contributed by atoms with Gasteiger partial charge in [-0.3, -0.25) is 0 Å². The topological polar surface area (TPSA) is 51.6 Å². The lowest BCUT2D eigenvalue weighted by molar-refractivity contribution is 1.17. The van der Waals surface area contributed by atoms with Crippen LogP contribution in [0.3, 0.4) is 0 Å². The van der Waals surface area contributed by atoms with Gasteiger partial charge in [-0.2, -0.15) is 0 Å². The predicted octanol–water partition coefficient (Wildman–Crippen LogP) is 14.0. The minimum absolute atomic E-state index is 0.659. The highest BCUT2D eigenvalue weighted by atomic mass is 32.1. The van der Waals surface area contributed by atoms with E-state index in [9.17, 15) is 0 Å². The fraction of sp³-hybridized carbons (Fsp3) is 0. The molecule has 4 aromatic heterocycles. The number of hydrogen-bond acceptors (Lipinski definition) is 6. The third kappa shape index (κ3) is 5.66. The van der Waals surface area contributed by atoms with Crippen molar-refractivity contribution in [1.82, 2.24) is 19.9 Å². The van der Waals surface area contributed by atoms with Crippen LogP contribution in [0.2, 0.25) is 0 Å². The van der Waals surface area contributed by atoms with E-state index in [1.54, 1.807) is 12.4 Å². The number of aromatic nitrogens is 4. The van der Waals surface area contributed by atoms with Gasteiger partial charge in [0.05, 0.1) is 11.4 Å². The Morgan fingerprint density at radius 2 is 0.804 bits per heavy atom. The minimum atomic E-state index is 0.659. The Labute approximate surface area is 331 Å². The monoisotopic (exact) mass is 750 g/mol. The fourth-order valence-electron chi connectivity index (χ4n) is 7.73. The van der Waals surface area contributed by atoms with Gasteiger partial charge in [0.25, 0.3) is 0 Å². The van der Waals surface area contributed by atoms with Crippen molar-refractivity contribution in [2.45, 2.75) is 0 Å². The molecule has 0 aliphatic heterocycles. The van der Waals surface area contributed by atoms with Crippen LogP contribution in [-0.2, 0) is 0 Å². The summed E-state index contributed by atoms with van der Waals surface area (Å²) in [4.78, 5) is 19.4. The summed E-state index contributed by atoms with van der Waals surface area (Å²) in [6.07, 6.45) is 3.53. The van der Waals surface area contributed by atoms with Crippen molar-refractivity contribution in [2.24, 2.45) is 0 Å². The predicted molar refractivity (Wildman–Crippen MR) is 236 cm³/mol. The molecule has 0 amide bonds. The van der Waals surface area contributed by atoms with Crippen LogP contribution in [0.4, 0.5) is 0 Å². The van der Waals surface area contributed by atoms with Crippen LogP contribution in [0.5, 0.6) is 0 Å². The Morgan fingerprint density at radius 3 is 1.39 bits per heavy atom. The van der Waals surface area contributed by atoms with E-state index in [4.69, 9.17) is 9.97 Å². The van der Waals surface area contributed by atoms with Gasteiger partial charge in [0.15, 0.2) is 11.6 Å². The summed E-state index contributed by atoms with van der Waals surface area (Å²) in [5.41, 5.74) is 10.4. The summed E-state index contributed by atoms with van der Waals surface area (Å²) in [6, 6.07) is 60.3. The third-order valence-electron chi connectivity index (χ3n) is 10.4. The molecule has 0 bridgehead atoms. The first-order chi connectivity index (χ1) is 27.7. The average molecular weight is 751 g/mol. The largest absolute Gasteiger partial charge is 0.237 e. The van der Waals surface area contributed by atoms with Crippen molar-refractivity contribution in [3.8, 4) is 67.5 Å². The molecule has 0 atom stereocenters. The molecule has 0 aliphatic rings. The van der Waals surface area contributed by atoms with Crippen LogP contribution in [0.1, 0.15) is 0 Å². The Kier molecular flexibility index (Phi) is 7.83. The molecule has 0 saturated heterocycles. The summed E-state index contributed by atoms with van der Waals surface area (Å²) < 4.78 is 5.15. The van der Waals surface area contributed by atoms with Gasteiger partial charge < -0.3 is 0 Å². The third-order valence-corrected chi connectivity index (χ3v) is 12.9. The van der Waals surface area contributed by atoms with Gasteiger partial charge in [-0.05, 0) is 64.7 Å². The molecule has 0 N–H and O–H groups in total. The molecule has 7 aromatic carbocycles. The molecule has 4 heterocycles. The van der Waals surface area contributed by atoms with E-state index in [0.29, 0.717) is 11.6 Å². The van der Waals surface area contributed by atoms with Gasteiger partial charge in [-0.25, -0.2) is 19.9 Å². The first kappa shape index (κ1) is 32.6. The number of thiophene rings is 2. The second kappa shape index (κ2) is 13.5. The van der Waals surface area contributed by atoms with Gasteiger partial charge in [0.1, 0.15) is 0 Å². The van der Waals surface area contributed by atoms with Crippen LogP contribution in [0, 0.1) is 0 Å². The first-order valence-corrected chi connectivity index (χ1v) is 20.2. The standard InChI is InChI=1S/C50H30N4S2/c1-2-11-31(12-3-1)43-30-44(54-50(53-43)33-23-21-32(22-24-33)49-51-25-10-26-52-49)36-28-34(37-15-8-17-41-39-13-4-6-19-45(39)55-47(37)41)27-35(29-36)38-16-9-18-42-40-14-5-7-20-46(40)56-48(38)42/h1-30H. The number of nitrogens with zero attached hydrogens (tertiary/aromatic N) is 4. The number of benzene rings is 7. The van der Waals surface area contributed by atoms with Crippen molar-refractivity contribution in [2.75, 3.05) is 0 Å². The van der Waals surface area contributed by atoms with Crippen molar-refractivity contribution in [3.05, 3.63) is 182 Å². The maximum Gasteiger partial charge on any atom is 0.160 e. The molecule has 11 rings (SSSR count). The molecule has 6 heteroatoms. The SMILES string of the molecule is c1ccc(-c2cc(-c3cc(-c4cccc5c4sc4ccccc45)cc(-c4cccc5c4sc4ccccc45)c3)nc(-c3ccc(-c4ncccn4)cc3)n2)cc1. The number of hydrogen-bond donors (Lipinski definition) is 0. The molecular formula is C50H30N4S2. The van der Waals surface area contributed by atoms with E-state index in [0.717, 1.165) is 44.8 Å². The molecule has 0 aliphatic carbocycles. The van der Waals surface area contributed by atoms with Crippen LogP contribution < -0.4 is 0 Å². The molecule has 56 heavy (non-hydrogen) atoms. The van der Waals surface area contributed by atoms with Gasteiger partial charge in [0.2, 0.25) is 0 Å². The van der Waals surface area contributed by atoms with Crippen molar-refractivity contribution in [1.29, 1.82) is 0 Å². The Bertz CT molecular complexity index is 3110. The van der Waals surface area contributed by atoms with E-state index < -0.39 is 0 Å². The fourth-order valence-corrected chi connectivity index (χ4v) is 10.2. The maximum atomic E-state index is 5.33. The van der Waals surface area contributed by atoms with E-state index in [1.165, 1.54) is 51.5 Å². The number of fused-ring (bicyclic) bond motifs is 6. The van der Waals surface area contributed by atoms with Crippen LogP contribution in [-0.4, -0.2) is 19.9 Å². The van der Waals surface area contributed by atoms with Gasteiger partial charge in [0, 0.05) is 75.0 Å². The van der Waals surface area contributed by atoms with Gasteiger partial charge in [-0.15, -0.1) is 22.7 Å². The van der Waals surface area contributed by atoms with Gasteiger partial charge >= 0.3 is 0 Å². The van der Waals surface area contributed by atoms with Crippen LogP contribution >= 0.6 is 22.7 Å². The van der Waals surface area contributed by atoms with E-state index in [2.05, 4.69) is 156 Å². The molecule has 262 valence electrons. The van der Waals surface area contributed by atoms with Crippen LogP contribution in [0.25, 0.3) is 108 Å². The zero-order valence-electron chi connectivity index (χ0n) is 29.9. The molecule has 0 unspecified atom stereocenters. The highest BCUT2D eigenvalue weighted by molar-refractivity contribution is 7.26. The minimum Gasteiger partial charge on any atom is -0.237 e. The second-order valence-corrected chi connectivity index (χ2v) is 15.9. The summed E-state index contributed by atoms with van der Waals surface area (Å²) in [7, 11) is 0. The normalized spacial score (nSPS) is 11.6. The first-order valence-electron chi connectivity index (χ1n) is 18.5. The molecule has 11 aromatic rings. The molecule has 4 nitrogen and oxygen atoms in total. The Balaban J connectivity index is 1.15. The second-order valence-electron chi connectivity index (χ2n) is 13.8. The quantitative estimate of drug-likeness (QED) is 0.170. The summed E-state index contributed by atoms with van der Waals surface area (Å²) in [5.74, 6) is 1.34. The van der Waals surface area contributed by atoms with Gasteiger partial charge in [-0.1, -0.05) is 127 Å². The highest BCUT2D eigenvalue weighted by Gasteiger charge is 2.18. The van der Waals surface area contributed by atoms with E-state index >= 15 is 0 Å². The molecule has 0 radical (unpaired) electrons. The lowest BCUT2D eigenvalue weighted by Crippen LogP contribution is -1.97. The number of rotatable bonds is 6. The summed E-state index contributed by atoms with van der Waals surface area (Å²) in [5, 5.41) is 5.14. The molecular weight excluding hydrogens is 721 g/mol. The zero-order chi connectivity index (χ0) is 37.0. The smallest absolute Gasteiger partial charge is 0.160 e. The summed E-state index contributed by atoms with van der Waals surface area (Å²) in [6.45, 7) is 0. The Hall–Kier alpha value is -6.86. The lowest BCUT2D eigenvalue weighted by Gasteiger charge is -2.14. The average Bonchev–Trinajstić information content (AvgIpc) is 3.86. The van der Waals surface area contributed by atoms with Crippen molar-refractivity contribution >= 4 is 63.0 Å². The van der Waals surface area contributed by atoms with Crippen molar-refractivity contribution in [3.63, 3.8) is 0 Å². The van der Waals surface area contributed by atoms with Crippen molar-refractivity contribution < 1.29 is 0 Å². The Morgan fingerprint density at radius 1 is 0.321 bits per heavy atom. The lowest BCUT2D eigenvalue weighted by atomic mass is 9.93. The maximum absolute atomic E-state index is 5.33. The van der Waals surface area contributed by atoms with E-state index in [-0.39, 0.29) is 0 Å². The molecule has 0 saturated carbocycles. The van der Waals surface area contributed by atoms with Crippen LogP contribution in [0.15, 0.2) is 182 Å². The highest BCUT2D eigenvalue weighted by Crippen LogP contribution is 2.45.